The van der Waals surface area contributed by atoms with Crippen LogP contribution in [0.2, 0.25) is 0 Å². The molecule has 0 saturated carbocycles. The lowest BCUT2D eigenvalue weighted by molar-refractivity contribution is -0.401. The van der Waals surface area contributed by atoms with Gasteiger partial charge >= 0.3 is 18.0 Å². The smallest absolute Gasteiger partial charge is 0.475 e. The van der Waals surface area contributed by atoms with E-state index in [1.165, 1.54) is 17.0 Å². The van der Waals surface area contributed by atoms with Crippen molar-refractivity contribution in [1.82, 2.24) is 19.9 Å². The number of hydrogen-bond acceptors (Lipinski definition) is 8. The largest absolute Gasteiger partial charge is 0.490 e. The number of carboxylic acid groups (broad SMARTS) is 1. The van der Waals surface area contributed by atoms with E-state index in [0.29, 0.717) is 24.8 Å². The molecular weight excluding hydrogens is 546 g/mol. The Morgan fingerprint density at radius 2 is 1.79 bits per heavy atom. The van der Waals surface area contributed by atoms with Crippen LogP contribution in [0.3, 0.4) is 0 Å². The number of nitrogens with zero attached hydrogens (tertiary/aromatic N) is 5. The number of aliphatic carboxylic acids is 1. The number of rotatable bonds is 6. The fraction of sp³-hybridized carbons (Fsp3) is 0.333. The highest BCUT2D eigenvalue weighted by Gasteiger charge is 2.38. The van der Waals surface area contributed by atoms with E-state index in [1.54, 1.807) is 4.68 Å². The summed E-state index contributed by atoms with van der Waals surface area (Å²) < 4.78 is 78.8. The van der Waals surface area contributed by atoms with Crippen LogP contribution >= 0.6 is 0 Å². The van der Waals surface area contributed by atoms with Crippen LogP contribution in [-0.2, 0) is 29.1 Å². The molecule has 0 fully saturated rings. The Kier molecular flexibility index (Phi) is 8.58. The van der Waals surface area contributed by atoms with Crippen LogP contribution in [-0.4, -0.2) is 60.6 Å². The monoisotopic (exact) mass is 564 g/mol. The van der Waals surface area contributed by atoms with Crippen LogP contribution in [0, 0.1) is 27.6 Å². The number of fused-ring (bicyclic) bond motifs is 1. The Labute approximate surface area is 213 Å². The molecule has 4 rings (SSSR count). The van der Waals surface area contributed by atoms with E-state index in [2.05, 4.69) is 10.3 Å². The first-order chi connectivity index (χ1) is 18.2. The molecule has 1 aliphatic rings. The summed E-state index contributed by atoms with van der Waals surface area (Å²) in [5.41, 5.74) is 6.66. The van der Waals surface area contributed by atoms with Crippen LogP contribution in [0.5, 0.6) is 0 Å². The van der Waals surface area contributed by atoms with Gasteiger partial charge in [-0.25, -0.2) is 22.6 Å². The number of carbonyl (C=O) groups is 2. The maximum absolute atomic E-state index is 13.8. The van der Waals surface area contributed by atoms with Gasteiger partial charge in [0, 0.05) is 25.1 Å². The van der Waals surface area contributed by atoms with Gasteiger partial charge in [-0.3, -0.25) is 14.9 Å². The fourth-order valence-electron chi connectivity index (χ4n) is 3.53. The topological polar surface area (TPSA) is 171 Å². The second-order valence-electron chi connectivity index (χ2n) is 8.15. The van der Waals surface area contributed by atoms with Gasteiger partial charge in [0.2, 0.25) is 5.91 Å². The van der Waals surface area contributed by atoms with Gasteiger partial charge < -0.3 is 20.2 Å². The summed E-state index contributed by atoms with van der Waals surface area (Å²) in [5, 5.41) is 26.0. The second kappa shape index (κ2) is 11.5. The van der Waals surface area contributed by atoms with E-state index < -0.39 is 46.4 Å². The molecule has 0 saturated heterocycles. The van der Waals surface area contributed by atoms with E-state index in [0.717, 1.165) is 6.07 Å². The first-order valence-corrected chi connectivity index (χ1v) is 10.8. The Bertz CT molecular complexity index is 1390. The number of carbonyl (C=O) groups excluding carboxylic acids is 1. The zero-order valence-electron chi connectivity index (χ0n) is 19.5. The standard InChI is InChI=1S/C19H17F3N6O4.C2HF3O2/c20-12-8-14(22)13(21)6-10(12)5-11(23)7-17(29)26-3-4-27-15(9-26)19(24-25-27)16-1-2-18(32-16)28(30)31;3-2(4,5)1(6)7/h1-2,6,8,11H,3-5,7,9,23H2;(H,6,7)/t11-;/m1./s1. The number of nitro groups is 1. The Balaban J connectivity index is 0.000000532. The minimum atomic E-state index is -5.08. The van der Waals surface area contributed by atoms with Gasteiger partial charge in [0.1, 0.15) is 10.7 Å². The minimum absolute atomic E-state index is 0.113. The van der Waals surface area contributed by atoms with Crippen molar-refractivity contribution in [3.8, 4) is 11.5 Å². The molecule has 2 aromatic heterocycles. The summed E-state index contributed by atoms with van der Waals surface area (Å²) in [4.78, 5) is 33.3. The molecule has 0 bridgehead atoms. The van der Waals surface area contributed by atoms with Crippen molar-refractivity contribution in [3.05, 3.63) is 63.1 Å². The number of nitrogens with two attached hydrogens (primary N) is 1. The average Bonchev–Trinajstić information content (AvgIpc) is 3.49. The lowest BCUT2D eigenvalue weighted by atomic mass is 10.0. The van der Waals surface area contributed by atoms with Crippen molar-refractivity contribution >= 4 is 17.8 Å². The molecule has 12 nitrogen and oxygen atoms in total. The van der Waals surface area contributed by atoms with Crippen molar-refractivity contribution in [3.63, 3.8) is 0 Å². The summed E-state index contributed by atoms with van der Waals surface area (Å²) in [5.74, 6) is -6.80. The zero-order chi connectivity index (χ0) is 29.1. The number of amides is 1. The molecule has 0 unspecified atom stereocenters. The van der Waals surface area contributed by atoms with Gasteiger partial charge in [-0.05, 0) is 24.1 Å². The maximum Gasteiger partial charge on any atom is 0.490 e. The van der Waals surface area contributed by atoms with Crippen LogP contribution in [0.1, 0.15) is 17.7 Å². The Hall–Kier alpha value is -4.48. The molecule has 1 aromatic carbocycles. The van der Waals surface area contributed by atoms with Gasteiger partial charge in [0.25, 0.3) is 0 Å². The SMILES string of the molecule is N[C@@H](CC(=O)N1CCn2nnc(-c3ccc([N+](=O)[O-])o3)c2C1)Cc1cc(F)c(F)cc1F.O=C(O)C(F)(F)F. The Morgan fingerprint density at radius 3 is 2.38 bits per heavy atom. The van der Waals surface area contributed by atoms with Gasteiger partial charge in [-0.2, -0.15) is 13.2 Å². The van der Waals surface area contributed by atoms with Gasteiger partial charge in [0.15, 0.2) is 23.1 Å². The number of carboxylic acids is 1. The fourth-order valence-corrected chi connectivity index (χ4v) is 3.53. The van der Waals surface area contributed by atoms with E-state index in [-0.39, 0.29) is 42.3 Å². The predicted octanol–water partition coefficient (Wildman–Crippen LogP) is 2.80. The van der Waals surface area contributed by atoms with Crippen LogP contribution < -0.4 is 5.73 Å². The first-order valence-electron chi connectivity index (χ1n) is 10.8. The number of furan rings is 1. The molecule has 18 heteroatoms. The van der Waals surface area contributed by atoms with E-state index in [9.17, 15) is 41.3 Å². The third kappa shape index (κ3) is 7.09. The third-order valence-electron chi connectivity index (χ3n) is 5.37. The maximum atomic E-state index is 13.8. The molecule has 1 atom stereocenters. The second-order valence-corrected chi connectivity index (χ2v) is 8.15. The van der Waals surface area contributed by atoms with Gasteiger partial charge in [-0.15, -0.1) is 5.10 Å². The summed E-state index contributed by atoms with van der Waals surface area (Å²) in [7, 11) is 0. The van der Waals surface area contributed by atoms with Crippen LogP contribution in [0.4, 0.5) is 32.2 Å². The van der Waals surface area contributed by atoms with E-state index in [1.807, 2.05) is 0 Å². The van der Waals surface area contributed by atoms with E-state index >= 15 is 0 Å². The molecule has 210 valence electrons. The predicted molar refractivity (Wildman–Crippen MR) is 116 cm³/mol. The number of hydrogen-bond donors (Lipinski definition) is 2. The quantitative estimate of drug-likeness (QED) is 0.198. The van der Waals surface area contributed by atoms with E-state index in [4.69, 9.17) is 20.1 Å². The third-order valence-corrected chi connectivity index (χ3v) is 5.37. The van der Waals surface area contributed by atoms with Crippen molar-refractivity contribution in [2.24, 2.45) is 5.73 Å². The summed E-state index contributed by atoms with van der Waals surface area (Å²) >= 11 is 0. The van der Waals surface area contributed by atoms with Crippen molar-refractivity contribution in [2.45, 2.75) is 38.1 Å². The number of alkyl halides is 3. The van der Waals surface area contributed by atoms with Crippen LogP contribution in [0.25, 0.3) is 11.5 Å². The van der Waals surface area contributed by atoms with Crippen molar-refractivity contribution in [2.75, 3.05) is 6.54 Å². The molecule has 0 radical (unpaired) electrons. The van der Waals surface area contributed by atoms with Crippen molar-refractivity contribution < 1.29 is 50.4 Å². The zero-order valence-corrected chi connectivity index (χ0v) is 19.5. The first kappa shape index (κ1) is 29.1. The molecular formula is C21H18F6N6O6. The summed E-state index contributed by atoms with van der Waals surface area (Å²) in [6.45, 7) is 0.769. The Morgan fingerprint density at radius 1 is 1.15 bits per heavy atom. The molecule has 3 heterocycles. The number of benzene rings is 1. The highest BCUT2D eigenvalue weighted by Crippen LogP contribution is 2.29. The molecule has 3 aromatic rings. The van der Waals surface area contributed by atoms with Crippen LogP contribution in [0.15, 0.2) is 28.7 Å². The average molecular weight is 564 g/mol. The molecule has 1 aliphatic heterocycles. The normalized spacial score (nSPS) is 13.8. The van der Waals surface area contributed by atoms with Gasteiger partial charge in [0.05, 0.1) is 24.8 Å². The molecule has 0 spiro atoms. The molecule has 1 amide bonds. The summed E-state index contributed by atoms with van der Waals surface area (Å²) in [6, 6.07) is 2.95. The lowest BCUT2D eigenvalue weighted by Crippen LogP contribution is -2.41. The highest BCUT2D eigenvalue weighted by atomic mass is 19.4. The lowest BCUT2D eigenvalue weighted by Gasteiger charge is -2.28. The number of halogens is 6. The molecule has 39 heavy (non-hydrogen) atoms. The molecule has 0 aliphatic carbocycles. The molecule has 3 N–H and O–H groups in total. The summed E-state index contributed by atoms with van der Waals surface area (Å²) in [6.07, 6.45) is -5.38. The minimum Gasteiger partial charge on any atom is -0.475 e. The highest BCUT2D eigenvalue weighted by molar-refractivity contribution is 5.77. The number of aromatic nitrogens is 3. The van der Waals surface area contributed by atoms with Crippen molar-refractivity contribution in [1.29, 1.82) is 0 Å². The van der Waals surface area contributed by atoms with Gasteiger partial charge in [-0.1, -0.05) is 5.21 Å².